The van der Waals surface area contributed by atoms with Gasteiger partial charge in [-0.1, -0.05) is 29.8 Å². The van der Waals surface area contributed by atoms with Crippen LogP contribution < -0.4 is 9.64 Å². The quantitative estimate of drug-likeness (QED) is 0.848. The Balaban J connectivity index is 2.20. The van der Waals surface area contributed by atoms with Gasteiger partial charge in [-0.2, -0.15) is 15.0 Å². The molecule has 2 aromatic rings. The molecule has 0 atom stereocenters. The van der Waals surface area contributed by atoms with Crippen LogP contribution in [0.3, 0.4) is 0 Å². The van der Waals surface area contributed by atoms with Gasteiger partial charge in [0.1, 0.15) is 0 Å². The van der Waals surface area contributed by atoms with Crippen molar-refractivity contribution in [2.75, 3.05) is 18.6 Å². The van der Waals surface area contributed by atoms with Crippen LogP contribution in [0.1, 0.15) is 12.5 Å². The molecule has 2 rings (SSSR count). The Hall–Kier alpha value is -1.59. The molecule has 0 saturated heterocycles. The molecule has 1 heterocycles. The van der Waals surface area contributed by atoms with E-state index in [4.69, 9.17) is 27.9 Å². The highest BCUT2D eigenvalue weighted by Crippen LogP contribution is 2.20. The van der Waals surface area contributed by atoms with Gasteiger partial charge in [-0.15, -0.1) is 0 Å². The molecule has 0 unspecified atom stereocenters. The lowest BCUT2D eigenvalue weighted by molar-refractivity contribution is 0.311. The molecule has 0 aliphatic carbocycles. The van der Waals surface area contributed by atoms with E-state index in [-0.39, 0.29) is 11.3 Å². The van der Waals surface area contributed by atoms with E-state index in [1.165, 1.54) is 0 Å². The van der Waals surface area contributed by atoms with E-state index in [1.54, 1.807) is 0 Å². The smallest absolute Gasteiger partial charge is 0.322 e. The fourth-order valence-corrected chi connectivity index (χ4v) is 1.98. The lowest BCUT2D eigenvalue weighted by Crippen LogP contribution is -2.20. The maximum atomic E-state index is 6.14. The summed E-state index contributed by atoms with van der Waals surface area (Å²) < 4.78 is 5.25. The molecule has 0 aliphatic heterocycles. The van der Waals surface area contributed by atoms with Gasteiger partial charge in [0.2, 0.25) is 11.2 Å². The van der Waals surface area contributed by atoms with Gasteiger partial charge in [-0.05, 0) is 30.2 Å². The average molecular weight is 313 g/mol. The molecule has 1 aromatic heterocycles. The summed E-state index contributed by atoms with van der Waals surface area (Å²) in [6.45, 7) is 2.88. The zero-order valence-electron chi connectivity index (χ0n) is 11.2. The standard InChI is InChI=1S/C13H14Cl2N4O/c1-3-20-13-17-11(15)16-12(18-13)19(2)8-9-6-4-5-7-10(9)14/h4-7H,3,8H2,1-2H3. The third-order valence-electron chi connectivity index (χ3n) is 2.56. The molecule has 106 valence electrons. The number of aromatic nitrogens is 3. The first-order chi connectivity index (χ1) is 9.60. The van der Waals surface area contributed by atoms with Crippen molar-refractivity contribution in [1.29, 1.82) is 0 Å². The zero-order valence-corrected chi connectivity index (χ0v) is 12.7. The summed E-state index contributed by atoms with van der Waals surface area (Å²) in [5, 5.41) is 0.800. The normalized spacial score (nSPS) is 10.4. The predicted octanol–water partition coefficient (Wildman–Crippen LogP) is 3.21. The van der Waals surface area contributed by atoms with Gasteiger partial charge in [-0.25, -0.2) is 0 Å². The first-order valence-electron chi connectivity index (χ1n) is 6.09. The molecule has 0 saturated carbocycles. The summed E-state index contributed by atoms with van der Waals surface area (Å²) in [6, 6.07) is 7.83. The third kappa shape index (κ3) is 3.71. The van der Waals surface area contributed by atoms with Crippen LogP contribution in [0, 0.1) is 0 Å². The number of anilines is 1. The highest BCUT2D eigenvalue weighted by molar-refractivity contribution is 6.31. The minimum Gasteiger partial charge on any atom is -0.464 e. The van der Waals surface area contributed by atoms with Crippen molar-refractivity contribution in [3.8, 4) is 6.01 Å². The Morgan fingerprint density at radius 1 is 1.15 bits per heavy atom. The van der Waals surface area contributed by atoms with Gasteiger partial charge < -0.3 is 9.64 Å². The van der Waals surface area contributed by atoms with E-state index < -0.39 is 0 Å². The van der Waals surface area contributed by atoms with Gasteiger partial charge in [0.15, 0.2) is 0 Å². The lowest BCUT2D eigenvalue weighted by Gasteiger charge is -2.18. The second kappa shape index (κ2) is 6.72. The number of ether oxygens (including phenoxy) is 1. The minimum atomic E-state index is 0.101. The summed E-state index contributed by atoms with van der Waals surface area (Å²) in [4.78, 5) is 14.0. The fraction of sp³-hybridized carbons (Fsp3) is 0.308. The van der Waals surface area contributed by atoms with Crippen molar-refractivity contribution in [3.05, 3.63) is 40.1 Å². The number of benzene rings is 1. The maximum Gasteiger partial charge on any atom is 0.322 e. The Bertz CT molecular complexity index is 594. The van der Waals surface area contributed by atoms with Gasteiger partial charge in [-0.3, -0.25) is 0 Å². The first kappa shape index (κ1) is 14.8. The second-order valence-corrected chi connectivity index (χ2v) is 4.81. The predicted molar refractivity (Wildman–Crippen MR) is 79.6 cm³/mol. The summed E-state index contributed by atoms with van der Waals surface area (Å²) in [7, 11) is 1.85. The Morgan fingerprint density at radius 3 is 2.60 bits per heavy atom. The van der Waals surface area contributed by atoms with E-state index >= 15 is 0 Å². The topological polar surface area (TPSA) is 51.1 Å². The van der Waals surface area contributed by atoms with E-state index in [0.29, 0.717) is 24.1 Å². The first-order valence-corrected chi connectivity index (χ1v) is 6.84. The Labute approximate surface area is 127 Å². The van der Waals surface area contributed by atoms with Crippen LogP contribution in [0.25, 0.3) is 0 Å². The Kier molecular flexibility index (Phi) is 4.98. The molecule has 1 aromatic carbocycles. The summed E-state index contributed by atoms with van der Waals surface area (Å²) in [5.74, 6) is 0.438. The van der Waals surface area contributed by atoms with Crippen molar-refractivity contribution in [1.82, 2.24) is 15.0 Å². The second-order valence-electron chi connectivity index (χ2n) is 4.07. The maximum absolute atomic E-state index is 6.14. The van der Waals surface area contributed by atoms with E-state index in [2.05, 4.69) is 15.0 Å². The van der Waals surface area contributed by atoms with E-state index in [1.807, 2.05) is 43.1 Å². The van der Waals surface area contributed by atoms with Crippen LogP contribution in [0.2, 0.25) is 10.3 Å². The molecular formula is C13H14Cl2N4O. The molecule has 0 aliphatic rings. The number of hydrogen-bond donors (Lipinski definition) is 0. The summed E-state index contributed by atoms with van der Waals surface area (Å²) >= 11 is 12.0. The van der Waals surface area contributed by atoms with Crippen molar-refractivity contribution in [2.24, 2.45) is 0 Å². The van der Waals surface area contributed by atoms with Crippen LogP contribution in [0.5, 0.6) is 6.01 Å². The highest BCUT2D eigenvalue weighted by atomic mass is 35.5. The van der Waals surface area contributed by atoms with Crippen LogP contribution in [-0.2, 0) is 6.54 Å². The molecule has 20 heavy (non-hydrogen) atoms. The molecule has 0 bridgehead atoms. The number of hydrogen-bond acceptors (Lipinski definition) is 5. The van der Waals surface area contributed by atoms with Gasteiger partial charge in [0.05, 0.1) is 6.61 Å². The summed E-state index contributed by atoms with van der Waals surface area (Å²) in [5.41, 5.74) is 0.978. The van der Waals surface area contributed by atoms with E-state index in [0.717, 1.165) is 5.56 Å². The van der Waals surface area contributed by atoms with Crippen molar-refractivity contribution in [2.45, 2.75) is 13.5 Å². The average Bonchev–Trinajstić information content (AvgIpc) is 2.41. The van der Waals surface area contributed by atoms with Crippen molar-refractivity contribution in [3.63, 3.8) is 0 Å². The molecule has 0 fully saturated rings. The largest absolute Gasteiger partial charge is 0.464 e. The lowest BCUT2D eigenvalue weighted by atomic mass is 10.2. The van der Waals surface area contributed by atoms with Crippen LogP contribution in [0.4, 0.5) is 5.95 Å². The monoisotopic (exact) mass is 312 g/mol. The molecule has 0 radical (unpaired) electrons. The Morgan fingerprint density at radius 2 is 1.90 bits per heavy atom. The van der Waals surface area contributed by atoms with Crippen molar-refractivity contribution < 1.29 is 4.74 Å². The molecule has 0 N–H and O–H groups in total. The van der Waals surface area contributed by atoms with Gasteiger partial charge in [0.25, 0.3) is 0 Å². The number of nitrogens with zero attached hydrogens (tertiary/aromatic N) is 4. The highest BCUT2D eigenvalue weighted by Gasteiger charge is 2.11. The number of halogens is 2. The van der Waals surface area contributed by atoms with Crippen molar-refractivity contribution >= 4 is 29.2 Å². The van der Waals surface area contributed by atoms with Crippen LogP contribution in [-0.4, -0.2) is 28.6 Å². The van der Waals surface area contributed by atoms with Crippen LogP contribution in [0.15, 0.2) is 24.3 Å². The van der Waals surface area contributed by atoms with Gasteiger partial charge in [0, 0.05) is 18.6 Å². The zero-order chi connectivity index (χ0) is 14.5. The third-order valence-corrected chi connectivity index (χ3v) is 3.09. The van der Waals surface area contributed by atoms with E-state index in [9.17, 15) is 0 Å². The SMILES string of the molecule is CCOc1nc(Cl)nc(N(C)Cc2ccccc2Cl)n1. The summed E-state index contributed by atoms with van der Waals surface area (Å²) in [6.07, 6.45) is 0. The minimum absolute atomic E-state index is 0.101. The number of rotatable bonds is 5. The molecule has 0 spiro atoms. The molecule has 0 amide bonds. The molecule has 7 heteroatoms. The van der Waals surface area contributed by atoms with Crippen LogP contribution >= 0.6 is 23.2 Å². The fourth-order valence-electron chi connectivity index (χ4n) is 1.64. The molecular weight excluding hydrogens is 299 g/mol. The molecule has 5 nitrogen and oxygen atoms in total. The van der Waals surface area contributed by atoms with Gasteiger partial charge >= 0.3 is 6.01 Å².